The first-order chi connectivity index (χ1) is 12.2. The molecule has 25 heavy (non-hydrogen) atoms. The fourth-order valence-electron chi connectivity index (χ4n) is 3.14. The van der Waals surface area contributed by atoms with Crippen molar-refractivity contribution in [1.29, 1.82) is 0 Å². The van der Waals surface area contributed by atoms with Gasteiger partial charge in [-0.05, 0) is 61.9 Å². The summed E-state index contributed by atoms with van der Waals surface area (Å²) < 4.78 is 7.88. The number of aromatic nitrogens is 2. The SMILES string of the molecule is O=C(O)c1ccc2ncn(-c3ccc(O[C@H]4CCCNC4)cc3)c2c1. The molecule has 0 unspecified atom stereocenters. The number of hydrogen-bond donors (Lipinski definition) is 2. The normalized spacial score (nSPS) is 17.5. The van der Waals surface area contributed by atoms with Gasteiger partial charge in [-0.3, -0.25) is 4.57 Å². The summed E-state index contributed by atoms with van der Waals surface area (Å²) in [5, 5.41) is 12.5. The van der Waals surface area contributed by atoms with Crippen LogP contribution in [0, 0.1) is 0 Å². The number of piperidine rings is 1. The highest BCUT2D eigenvalue weighted by Crippen LogP contribution is 2.23. The van der Waals surface area contributed by atoms with E-state index in [-0.39, 0.29) is 11.7 Å². The van der Waals surface area contributed by atoms with Crippen LogP contribution in [-0.2, 0) is 0 Å². The molecular weight excluding hydrogens is 318 g/mol. The molecule has 1 atom stereocenters. The minimum Gasteiger partial charge on any atom is -0.489 e. The van der Waals surface area contributed by atoms with Crippen LogP contribution >= 0.6 is 0 Å². The Morgan fingerprint density at radius 3 is 2.80 bits per heavy atom. The topological polar surface area (TPSA) is 76.4 Å². The molecule has 2 N–H and O–H groups in total. The van der Waals surface area contributed by atoms with Crippen LogP contribution in [0.15, 0.2) is 48.8 Å². The Bertz CT molecular complexity index is 896. The molecule has 6 heteroatoms. The van der Waals surface area contributed by atoms with Gasteiger partial charge < -0.3 is 15.2 Å². The van der Waals surface area contributed by atoms with Gasteiger partial charge in [-0.1, -0.05) is 0 Å². The number of carboxylic acids is 1. The first-order valence-corrected chi connectivity index (χ1v) is 8.39. The highest BCUT2D eigenvalue weighted by Gasteiger charge is 2.14. The summed E-state index contributed by atoms with van der Waals surface area (Å²) in [6.07, 6.45) is 4.12. The predicted molar refractivity (Wildman–Crippen MR) is 94.5 cm³/mol. The zero-order chi connectivity index (χ0) is 17.2. The Kier molecular flexibility index (Phi) is 4.11. The van der Waals surface area contributed by atoms with Crippen LogP contribution in [-0.4, -0.2) is 39.8 Å². The second kappa shape index (κ2) is 6.57. The van der Waals surface area contributed by atoms with Gasteiger partial charge in [0.05, 0.1) is 16.6 Å². The van der Waals surface area contributed by atoms with Gasteiger partial charge in [0.15, 0.2) is 0 Å². The summed E-state index contributed by atoms with van der Waals surface area (Å²) in [5.41, 5.74) is 2.70. The maximum atomic E-state index is 11.2. The van der Waals surface area contributed by atoms with Crippen molar-refractivity contribution in [3.05, 3.63) is 54.4 Å². The van der Waals surface area contributed by atoms with Crippen molar-refractivity contribution in [2.45, 2.75) is 18.9 Å². The fourth-order valence-corrected chi connectivity index (χ4v) is 3.14. The van der Waals surface area contributed by atoms with Crippen LogP contribution in [0.2, 0.25) is 0 Å². The molecule has 128 valence electrons. The molecule has 1 saturated heterocycles. The number of fused-ring (bicyclic) bond motifs is 1. The molecule has 0 saturated carbocycles. The Hall–Kier alpha value is -2.86. The van der Waals surface area contributed by atoms with Crippen molar-refractivity contribution < 1.29 is 14.6 Å². The summed E-state index contributed by atoms with van der Waals surface area (Å²) >= 11 is 0. The number of rotatable bonds is 4. The molecule has 3 aromatic rings. The van der Waals surface area contributed by atoms with Gasteiger partial charge in [0.25, 0.3) is 0 Å². The summed E-state index contributed by atoms with van der Waals surface area (Å²) in [5.74, 6) is -0.104. The van der Waals surface area contributed by atoms with E-state index in [2.05, 4.69) is 10.3 Å². The highest BCUT2D eigenvalue weighted by molar-refractivity contribution is 5.92. The largest absolute Gasteiger partial charge is 0.489 e. The molecule has 4 rings (SSSR count). The van der Waals surface area contributed by atoms with Gasteiger partial charge in [-0.2, -0.15) is 0 Å². The van der Waals surface area contributed by atoms with E-state index in [0.717, 1.165) is 48.4 Å². The zero-order valence-electron chi connectivity index (χ0n) is 13.7. The molecule has 0 bridgehead atoms. The van der Waals surface area contributed by atoms with Gasteiger partial charge in [0.1, 0.15) is 18.2 Å². The highest BCUT2D eigenvalue weighted by atomic mass is 16.5. The lowest BCUT2D eigenvalue weighted by molar-refractivity contribution is 0.0697. The van der Waals surface area contributed by atoms with E-state index in [1.165, 1.54) is 0 Å². The molecular formula is C19H19N3O3. The quantitative estimate of drug-likeness (QED) is 0.765. The molecule has 6 nitrogen and oxygen atoms in total. The molecule has 0 spiro atoms. The maximum absolute atomic E-state index is 11.2. The van der Waals surface area contributed by atoms with Gasteiger partial charge in [0, 0.05) is 12.2 Å². The number of hydrogen-bond acceptors (Lipinski definition) is 4. The number of carboxylic acid groups (broad SMARTS) is 1. The molecule has 2 aromatic carbocycles. The lowest BCUT2D eigenvalue weighted by atomic mass is 10.1. The number of carbonyl (C=O) groups is 1. The smallest absolute Gasteiger partial charge is 0.335 e. The Balaban J connectivity index is 1.60. The van der Waals surface area contributed by atoms with E-state index < -0.39 is 5.97 Å². The van der Waals surface area contributed by atoms with Crippen molar-refractivity contribution in [1.82, 2.24) is 14.9 Å². The monoisotopic (exact) mass is 337 g/mol. The average molecular weight is 337 g/mol. The first kappa shape index (κ1) is 15.7. The van der Waals surface area contributed by atoms with Crippen molar-refractivity contribution in [2.24, 2.45) is 0 Å². The van der Waals surface area contributed by atoms with Crippen LogP contribution in [0.3, 0.4) is 0 Å². The lowest BCUT2D eigenvalue weighted by Crippen LogP contribution is -2.37. The molecule has 1 aromatic heterocycles. The van der Waals surface area contributed by atoms with Crippen LogP contribution in [0.1, 0.15) is 23.2 Å². The summed E-state index contributed by atoms with van der Waals surface area (Å²) in [7, 11) is 0. The van der Waals surface area contributed by atoms with E-state index >= 15 is 0 Å². The van der Waals surface area contributed by atoms with Crippen molar-refractivity contribution in [3.8, 4) is 11.4 Å². The molecule has 0 radical (unpaired) electrons. The fraction of sp³-hybridized carbons (Fsp3) is 0.263. The standard InChI is InChI=1S/C19H19N3O3/c23-19(24)13-3-8-17-18(10-13)22(12-21-17)14-4-6-15(7-5-14)25-16-2-1-9-20-11-16/h3-8,10,12,16,20H,1-2,9,11H2,(H,23,24)/t16-/m0/s1. The zero-order valence-corrected chi connectivity index (χ0v) is 13.7. The van der Waals surface area contributed by atoms with E-state index in [1.807, 2.05) is 28.8 Å². The number of benzene rings is 2. The van der Waals surface area contributed by atoms with E-state index in [4.69, 9.17) is 4.74 Å². The number of nitrogens with zero attached hydrogens (tertiary/aromatic N) is 2. The second-order valence-electron chi connectivity index (χ2n) is 6.20. The molecule has 0 amide bonds. The maximum Gasteiger partial charge on any atom is 0.335 e. The van der Waals surface area contributed by atoms with Crippen molar-refractivity contribution in [2.75, 3.05) is 13.1 Å². The van der Waals surface area contributed by atoms with Gasteiger partial charge >= 0.3 is 5.97 Å². The molecule has 1 aliphatic rings. The summed E-state index contributed by atoms with van der Waals surface area (Å²) in [6, 6.07) is 12.7. The Morgan fingerprint density at radius 2 is 2.08 bits per heavy atom. The van der Waals surface area contributed by atoms with E-state index in [1.54, 1.807) is 24.5 Å². The number of ether oxygens (including phenoxy) is 1. The van der Waals surface area contributed by atoms with Crippen LogP contribution in [0.4, 0.5) is 0 Å². The van der Waals surface area contributed by atoms with Gasteiger partial charge in [-0.25, -0.2) is 9.78 Å². The number of aromatic carboxylic acids is 1. The van der Waals surface area contributed by atoms with E-state index in [0.29, 0.717) is 0 Å². The average Bonchev–Trinajstić information content (AvgIpc) is 3.06. The third-order valence-electron chi connectivity index (χ3n) is 4.46. The Morgan fingerprint density at radius 1 is 1.24 bits per heavy atom. The lowest BCUT2D eigenvalue weighted by Gasteiger charge is -2.24. The van der Waals surface area contributed by atoms with E-state index in [9.17, 15) is 9.90 Å². The first-order valence-electron chi connectivity index (χ1n) is 8.39. The third-order valence-corrected chi connectivity index (χ3v) is 4.46. The molecule has 2 heterocycles. The minimum absolute atomic E-state index is 0.215. The second-order valence-corrected chi connectivity index (χ2v) is 6.20. The number of nitrogens with one attached hydrogen (secondary N) is 1. The summed E-state index contributed by atoms with van der Waals surface area (Å²) in [4.78, 5) is 15.5. The summed E-state index contributed by atoms with van der Waals surface area (Å²) in [6.45, 7) is 1.94. The molecule has 1 fully saturated rings. The third kappa shape index (κ3) is 3.21. The molecule has 1 aliphatic heterocycles. The number of imidazole rings is 1. The van der Waals surface area contributed by atoms with Gasteiger partial charge in [-0.15, -0.1) is 0 Å². The van der Waals surface area contributed by atoms with Crippen LogP contribution in [0.25, 0.3) is 16.7 Å². The predicted octanol–water partition coefficient (Wildman–Crippen LogP) is 2.85. The van der Waals surface area contributed by atoms with Crippen LogP contribution < -0.4 is 10.1 Å². The van der Waals surface area contributed by atoms with Crippen molar-refractivity contribution in [3.63, 3.8) is 0 Å². The van der Waals surface area contributed by atoms with Gasteiger partial charge in [0.2, 0.25) is 0 Å². The Labute approximate surface area is 145 Å². The van der Waals surface area contributed by atoms with Crippen molar-refractivity contribution >= 4 is 17.0 Å². The minimum atomic E-state index is -0.945. The van der Waals surface area contributed by atoms with Crippen LogP contribution in [0.5, 0.6) is 5.75 Å². The molecule has 0 aliphatic carbocycles.